The number of ether oxygens (including phenoxy) is 1. The summed E-state index contributed by atoms with van der Waals surface area (Å²) < 4.78 is 19.1. The Morgan fingerprint density at radius 3 is 2.67 bits per heavy atom. The first-order valence-electron chi connectivity index (χ1n) is 6.61. The van der Waals surface area contributed by atoms with Crippen LogP contribution in [0, 0.1) is 5.82 Å². The number of rotatable bonds is 7. The fraction of sp³-hybridized carbons (Fsp3) is 0.250. The van der Waals surface area contributed by atoms with Crippen molar-refractivity contribution in [2.24, 2.45) is 0 Å². The van der Waals surface area contributed by atoms with Crippen LogP contribution in [0.4, 0.5) is 4.39 Å². The minimum Gasteiger partial charge on any atom is -0.383 e. The van der Waals surface area contributed by atoms with Crippen LogP contribution >= 0.6 is 23.4 Å². The predicted molar refractivity (Wildman–Crippen MR) is 85.6 cm³/mol. The summed E-state index contributed by atoms with van der Waals surface area (Å²) in [5.41, 5.74) is 0.936. The molecular weight excluding hydrogens is 309 g/mol. The van der Waals surface area contributed by atoms with Gasteiger partial charge in [0.1, 0.15) is 5.82 Å². The molecule has 2 rings (SSSR count). The molecule has 0 aliphatic rings. The first-order valence-corrected chi connectivity index (χ1v) is 7.80. The molecule has 0 unspecified atom stereocenters. The Balaban J connectivity index is 2.11. The SMILES string of the molecule is COCCNCc1cccc(F)c1Sc1ccc(Cl)cc1. The van der Waals surface area contributed by atoms with Crippen molar-refractivity contribution in [1.82, 2.24) is 5.32 Å². The largest absolute Gasteiger partial charge is 0.383 e. The van der Waals surface area contributed by atoms with Crippen molar-refractivity contribution in [2.75, 3.05) is 20.3 Å². The van der Waals surface area contributed by atoms with E-state index in [1.807, 2.05) is 18.2 Å². The van der Waals surface area contributed by atoms with Gasteiger partial charge in [0.2, 0.25) is 0 Å². The fourth-order valence-electron chi connectivity index (χ4n) is 1.82. The number of nitrogens with one attached hydrogen (secondary N) is 1. The number of methoxy groups -OCH3 is 1. The fourth-order valence-corrected chi connectivity index (χ4v) is 2.90. The van der Waals surface area contributed by atoms with Crippen molar-refractivity contribution >= 4 is 23.4 Å². The third kappa shape index (κ3) is 5.00. The molecule has 0 aliphatic carbocycles. The lowest BCUT2D eigenvalue weighted by atomic mass is 10.2. The average Bonchev–Trinajstić information content (AvgIpc) is 2.49. The van der Waals surface area contributed by atoms with Gasteiger partial charge in [-0.2, -0.15) is 0 Å². The van der Waals surface area contributed by atoms with Crippen LogP contribution in [-0.2, 0) is 11.3 Å². The van der Waals surface area contributed by atoms with Crippen molar-refractivity contribution in [1.29, 1.82) is 0 Å². The molecule has 0 aromatic heterocycles. The maximum Gasteiger partial charge on any atom is 0.137 e. The van der Waals surface area contributed by atoms with Gasteiger partial charge < -0.3 is 10.1 Å². The maximum atomic E-state index is 14.1. The van der Waals surface area contributed by atoms with Gasteiger partial charge in [-0.15, -0.1) is 0 Å². The van der Waals surface area contributed by atoms with Crippen LogP contribution in [0.1, 0.15) is 5.56 Å². The smallest absolute Gasteiger partial charge is 0.137 e. The minimum atomic E-state index is -0.207. The number of hydrogen-bond donors (Lipinski definition) is 1. The molecule has 21 heavy (non-hydrogen) atoms. The van der Waals surface area contributed by atoms with Gasteiger partial charge >= 0.3 is 0 Å². The van der Waals surface area contributed by atoms with Crippen molar-refractivity contribution in [3.63, 3.8) is 0 Å². The minimum absolute atomic E-state index is 0.207. The summed E-state index contributed by atoms with van der Waals surface area (Å²) in [7, 11) is 1.66. The Labute approximate surface area is 133 Å². The summed E-state index contributed by atoms with van der Waals surface area (Å²) in [5, 5.41) is 3.91. The molecule has 0 amide bonds. The van der Waals surface area contributed by atoms with Crippen LogP contribution in [0.15, 0.2) is 52.3 Å². The summed E-state index contributed by atoms with van der Waals surface area (Å²) in [6.07, 6.45) is 0. The van der Waals surface area contributed by atoms with Gasteiger partial charge in [-0.05, 0) is 35.9 Å². The van der Waals surface area contributed by atoms with E-state index in [1.165, 1.54) is 17.8 Å². The van der Waals surface area contributed by atoms with Crippen molar-refractivity contribution < 1.29 is 9.13 Å². The summed E-state index contributed by atoms with van der Waals surface area (Å²) in [6, 6.07) is 12.5. The van der Waals surface area contributed by atoms with E-state index in [4.69, 9.17) is 16.3 Å². The summed E-state index contributed by atoms with van der Waals surface area (Å²) in [5.74, 6) is -0.207. The molecule has 0 aliphatic heterocycles. The van der Waals surface area contributed by atoms with Gasteiger partial charge in [-0.1, -0.05) is 35.5 Å². The lowest BCUT2D eigenvalue weighted by molar-refractivity contribution is 0.199. The summed E-state index contributed by atoms with van der Waals surface area (Å²) in [4.78, 5) is 1.60. The van der Waals surface area contributed by atoms with Gasteiger partial charge in [0.05, 0.1) is 11.5 Å². The van der Waals surface area contributed by atoms with Gasteiger partial charge in [0.15, 0.2) is 0 Å². The zero-order chi connectivity index (χ0) is 15.1. The van der Waals surface area contributed by atoms with Crippen LogP contribution < -0.4 is 5.32 Å². The van der Waals surface area contributed by atoms with E-state index < -0.39 is 0 Å². The zero-order valence-corrected chi connectivity index (χ0v) is 13.3. The highest BCUT2D eigenvalue weighted by Gasteiger charge is 2.10. The van der Waals surface area contributed by atoms with Crippen LogP contribution in [0.5, 0.6) is 0 Å². The third-order valence-corrected chi connectivity index (χ3v) is 4.30. The van der Waals surface area contributed by atoms with E-state index in [0.717, 1.165) is 17.0 Å². The van der Waals surface area contributed by atoms with Crippen LogP contribution in [-0.4, -0.2) is 20.3 Å². The van der Waals surface area contributed by atoms with Crippen LogP contribution in [0.25, 0.3) is 0 Å². The highest BCUT2D eigenvalue weighted by Crippen LogP contribution is 2.33. The molecule has 112 valence electrons. The second-order valence-corrected chi connectivity index (χ2v) is 5.97. The lowest BCUT2D eigenvalue weighted by Crippen LogP contribution is -2.19. The van der Waals surface area contributed by atoms with Gasteiger partial charge in [0, 0.05) is 30.1 Å². The molecule has 0 fully saturated rings. The molecule has 0 saturated heterocycles. The number of halogens is 2. The molecular formula is C16H17ClFNOS. The van der Waals surface area contributed by atoms with E-state index in [-0.39, 0.29) is 5.82 Å². The number of hydrogen-bond acceptors (Lipinski definition) is 3. The quantitative estimate of drug-likeness (QED) is 0.764. The second kappa shape index (κ2) is 8.39. The molecule has 0 radical (unpaired) electrons. The van der Waals surface area contributed by atoms with Crippen molar-refractivity contribution in [3.05, 3.63) is 58.9 Å². The van der Waals surface area contributed by atoms with E-state index in [1.54, 1.807) is 25.3 Å². The first kappa shape index (κ1) is 16.3. The van der Waals surface area contributed by atoms with Gasteiger partial charge in [-0.25, -0.2) is 4.39 Å². The van der Waals surface area contributed by atoms with E-state index in [2.05, 4.69) is 5.32 Å². The Hall–Kier alpha value is -1.07. The molecule has 0 atom stereocenters. The molecule has 0 spiro atoms. The Kier molecular flexibility index (Phi) is 6.51. The molecule has 0 heterocycles. The molecule has 1 N–H and O–H groups in total. The van der Waals surface area contributed by atoms with Crippen LogP contribution in [0.3, 0.4) is 0 Å². The Morgan fingerprint density at radius 2 is 1.95 bits per heavy atom. The highest BCUT2D eigenvalue weighted by molar-refractivity contribution is 7.99. The van der Waals surface area contributed by atoms with E-state index in [9.17, 15) is 4.39 Å². The third-order valence-electron chi connectivity index (χ3n) is 2.88. The molecule has 2 aromatic carbocycles. The van der Waals surface area contributed by atoms with Crippen LogP contribution in [0.2, 0.25) is 5.02 Å². The Bertz CT molecular complexity index is 577. The lowest BCUT2D eigenvalue weighted by Gasteiger charge is -2.11. The van der Waals surface area contributed by atoms with Gasteiger partial charge in [-0.3, -0.25) is 0 Å². The number of benzene rings is 2. The monoisotopic (exact) mass is 325 g/mol. The van der Waals surface area contributed by atoms with E-state index >= 15 is 0 Å². The highest BCUT2D eigenvalue weighted by atomic mass is 35.5. The standard InChI is InChI=1S/C16H17ClFNOS/c1-20-10-9-19-11-12-3-2-4-15(18)16(12)21-14-7-5-13(17)6-8-14/h2-8,19H,9-11H2,1H3. The molecule has 0 bridgehead atoms. The van der Waals surface area contributed by atoms with Crippen molar-refractivity contribution in [3.8, 4) is 0 Å². The molecule has 5 heteroatoms. The summed E-state index contributed by atoms with van der Waals surface area (Å²) >= 11 is 7.28. The van der Waals surface area contributed by atoms with Crippen molar-refractivity contribution in [2.45, 2.75) is 16.3 Å². The van der Waals surface area contributed by atoms with E-state index in [0.29, 0.717) is 23.1 Å². The molecule has 0 saturated carbocycles. The predicted octanol–water partition coefficient (Wildman–Crippen LogP) is 4.37. The van der Waals surface area contributed by atoms with Gasteiger partial charge in [0.25, 0.3) is 0 Å². The topological polar surface area (TPSA) is 21.3 Å². The molecule has 2 nitrogen and oxygen atoms in total. The summed E-state index contributed by atoms with van der Waals surface area (Å²) in [6.45, 7) is 1.98. The Morgan fingerprint density at radius 1 is 1.19 bits per heavy atom. The normalized spacial score (nSPS) is 10.8. The zero-order valence-electron chi connectivity index (χ0n) is 11.7. The second-order valence-electron chi connectivity index (χ2n) is 4.45. The molecule has 2 aromatic rings. The average molecular weight is 326 g/mol. The maximum absolute atomic E-state index is 14.1. The first-order chi connectivity index (χ1) is 10.2.